The molecule has 5 N–H and O–H groups in total. The number of aromatic amines is 1. The highest BCUT2D eigenvalue weighted by molar-refractivity contribution is 5.87. The molecule has 16 heavy (non-hydrogen) atoms. The Bertz CT molecular complexity index is 415. The second kappa shape index (κ2) is 5.86. The van der Waals surface area contributed by atoms with E-state index in [4.69, 9.17) is 5.73 Å². The van der Waals surface area contributed by atoms with Gasteiger partial charge in [0.25, 0.3) is 5.56 Å². The Morgan fingerprint density at radius 2 is 2.38 bits per heavy atom. The van der Waals surface area contributed by atoms with Crippen LogP contribution in [0.15, 0.2) is 10.9 Å². The maximum absolute atomic E-state index is 11.3. The van der Waals surface area contributed by atoms with Crippen molar-refractivity contribution in [3.63, 3.8) is 0 Å². The molecule has 0 spiro atoms. The summed E-state index contributed by atoms with van der Waals surface area (Å²) in [5.41, 5.74) is 5.52. The number of urea groups is 1. The van der Waals surface area contributed by atoms with Gasteiger partial charge in [-0.3, -0.25) is 15.1 Å². The maximum Gasteiger partial charge on any atom is 0.321 e. The maximum atomic E-state index is 11.3. The summed E-state index contributed by atoms with van der Waals surface area (Å²) < 4.78 is 0. The van der Waals surface area contributed by atoms with Gasteiger partial charge in [0.05, 0.1) is 0 Å². The van der Waals surface area contributed by atoms with Gasteiger partial charge in [-0.1, -0.05) is 0 Å². The molecule has 88 valence electrons. The summed E-state index contributed by atoms with van der Waals surface area (Å²) in [5.74, 6) is 0.134. The average Bonchev–Trinajstić information content (AvgIpc) is 2.16. The molecule has 0 saturated heterocycles. The molecule has 0 aliphatic carbocycles. The van der Waals surface area contributed by atoms with Crippen LogP contribution in [-0.4, -0.2) is 29.1 Å². The Kier molecular flexibility index (Phi) is 4.46. The molecule has 0 radical (unpaired) electrons. The van der Waals surface area contributed by atoms with Gasteiger partial charge in [-0.15, -0.1) is 0 Å². The number of rotatable bonds is 4. The number of anilines is 1. The number of nitrogens with one attached hydrogen (secondary N) is 3. The molecule has 0 bridgehead atoms. The summed E-state index contributed by atoms with van der Waals surface area (Å²) in [6.07, 6.45) is 0.700. The van der Waals surface area contributed by atoms with E-state index in [0.29, 0.717) is 25.2 Å². The largest absolute Gasteiger partial charge is 0.338 e. The number of carbonyl (C=O) groups excluding carboxylic acids is 1. The van der Waals surface area contributed by atoms with Crippen LogP contribution in [0.5, 0.6) is 0 Å². The summed E-state index contributed by atoms with van der Waals surface area (Å²) in [6.45, 7) is 2.67. The highest BCUT2D eigenvalue weighted by Gasteiger charge is 2.03. The van der Waals surface area contributed by atoms with E-state index in [1.807, 2.05) is 0 Å². The highest BCUT2D eigenvalue weighted by atomic mass is 16.2. The van der Waals surface area contributed by atoms with Crippen LogP contribution in [0.2, 0.25) is 0 Å². The number of hydrogen-bond donors (Lipinski definition) is 4. The van der Waals surface area contributed by atoms with E-state index in [1.165, 1.54) is 6.07 Å². The molecule has 7 heteroatoms. The quantitative estimate of drug-likeness (QED) is 0.520. The van der Waals surface area contributed by atoms with Crippen LogP contribution in [0.25, 0.3) is 0 Å². The summed E-state index contributed by atoms with van der Waals surface area (Å²) in [6, 6.07) is 0.930. The van der Waals surface area contributed by atoms with E-state index in [-0.39, 0.29) is 11.5 Å². The standard InChI is InChI=1S/C9H15N5O2/c1-6-5-7(15)13-8(12-6)14-9(16)11-4-2-3-10/h5H,2-4,10H2,1H3,(H3,11,12,13,14,15,16). The Morgan fingerprint density at radius 3 is 3.00 bits per heavy atom. The van der Waals surface area contributed by atoms with Crippen LogP contribution in [0.4, 0.5) is 10.7 Å². The summed E-state index contributed by atoms with van der Waals surface area (Å²) in [4.78, 5) is 28.7. The lowest BCUT2D eigenvalue weighted by molar-refractivity contribution is 0.252. The Labute approximate surface area is 92.5 Å². The molecule has 1 heterocycles. The SMILES string of the molecule is Cc1cc(=O)[nH]c(NC(=O)NCCCN)n1. The van der Waals surface area contributed by atoms with Crippen molar-refractivity contribution in [3.05, 3.63) is 22.1 Å². The van der Waals surface area contributed by atoms with E-state index in [2.05, 4.69) is 20.6 Å². The fourth-order valence-corrected chi connectivity index (χ4v) is 1.09. The Morgan fingerprint density at radius 1 is 1.62 bits per heavy atom. The zero-order valence-electron chi connectivity index (χ0n) is 9.04. The molecule has 1 rings (SSSR count). The smallest absolute Gasteiger partial charge is 0.321 e. The predicted octanol–water partition coefficient (Wildman–Crippen LogP) is -0.451. The van der Waals surface area contributed by atoms with Gasteiger partial charge < -0.3 is 11.1 Å². The lowest BCUT2D eigenvalue weighted by Crippen LogP contribution is -2.31. The summed E-state index contributed by atoms with van der Waals surface area (Å²) >= 11 is 0. The van der Waals surface area contributed by atoms with Crippen molar-refractivity contribution in [1.82, 2.24) is 15.3 Å². The first-order chi connectivity index (χ1) is 7.61. The number of amides is 2. The fourth-order valence-electron chi connectivity index (χ4n) is 1.09. The van der Waals surface area contributed by atoms with E-state index >= 15 is 0 Å². The van der Waals surface area contributed by atoms with Crippen LogP contribution in [-0.2, 0) is 0 Å². The third kappa shape index (κ3) is 4.09. The van der Waals surface area contributed by atoms with E-state index in [0.717, 1.165) is 0 Å². The van der Waals surface area contributed by atoms with Gasteiger partial charge in [0, 0.05) is 18.3 Å². The third-order valence-electron chi connectivity index (χ3n) is 1.77. The van der Waals surface area contributed by atoms with Crippen molar-refractivity contribution in [2.45, 2.75) is 13.3 Å². The van der Waals surface area contributed by atoms with Gasteiger partial charge in [-0.25, -0.2) is 9.78 Å². The van der Waals surface area contributed by atoms with Crippen LogP contribution < -0.4 is 21.9 Å². The molecule has 1 aromatic heterocycles. The molecule has 1 aromatic rings. The number of H-pyrrole nitrogens is 1. The van der Waals surface area contributed by atoms with E-state index in [1.54, 1.807) is 6.92 Å². The van der Waals surface area contributed by atoms with Gasteiger partial charge in [-0.05, 0) is 19.9 Å². The molecule has 0 aliphatic heterocycles. The van der Waals surface area contributed by atoms with E-state index in [9.17, 15) is 9.59 Å². The molecule has 0 aromatic carbocycles. The lowest BCUT2D eigenvalue weighted by Gasteiger charge is -2.06. The first-order valence-corrected chi connectivity index (χ1v) is 4.94. The van der Waals surface area contributed by atoms with Gasteiger partial charge in [0.2, 0.25) is 5.95 Å². The van der Waals surface area contributed by atoms with Gasteiger partial charge in [0.1, 0.15) is 0 Å². The molecule has 0 saturated carbocycles. The molecule has 0 fully saturated rings. The fraction of sp³-hybridized carbons (Fsp3) is 0.444. The van der Waals surface area contributed by atoms with Crippen molar-refractivity contribution in [3.8, 4) is 0 Å². The van der Waals surface area contributed by atoms with Crippen LogP contribution in [0.1, 0.15) is 12.1 Å². The summed E-state index contributed by atoms with van der Waals surface area (Å²) in [5, 5.41) is 5.00. The molecule has 2 amide bonds. The zero-order chi connectivity index (χ0) is 12.0. The molecule has 0 atom stereocenters. The van der Waals surface area contributed by atoms with Crippen LogP contribution in [0.3, 0.4) is 0 Å². The first-order valence-electron chi connectivity index (χ1n) is 4.94. The second-order valence-corrected chi connectivity index (χ2v) is 3.26. The minimum atomic E-state index is -0.415. The normalized spacial score (nSPS) is 9.88. The molecular formula is C9H15N5O2. The van der Waals surface area contributed by atoms with Crippen molar-refractivity contribution < 1.29 is 4.79 Å². The number of carbonyl (C=O) groups is 1. The van der Waals surface area contributed by atoms with Crippen LogP contribution in [0, 0.1) is 6.92 Å². The topological polar surface area (TPSA) is 113 Å². The van der Waals surface area contributed by atoms with Crippen molar-refractivity contribution in [2.24, 2.45) is 5.73 Å². The van der Waals surface area contributed by atoms with Gasteiger partial charge in [-0.2, -0.15) is 0 Å². The van der Waals surface area contributed by atoms with Crippen LogP contribution >= 0.6 is 0 Å². The molecule has 0 unspecified atom stereocenters. The predicted molar refractivity (Wildman–Crippen MR) is 60.3 cm³/mol. The third-order valence-corrected chi connectivity index (χ3v) is 1.77. The number of nitrogens with two attached hydrogens (primary N) is 1. The van der Waals surface area contributed by atoms with Crippen molar-refractivity contribution in [1.29, 1.82) is 0 Å². The lowest BCUT2D eigenvalue weighted by atomic mass is 10.4. The molecule has 0 aliphatic rings. The van der Waals surface area contributed by atoms with Crippen molar-refractivity contribution in [2.75, 3.05) is 18.4 Å². The first kappa shape index (κ1) is 12.2. The number of aryl methyl sites for hydroxylation is 1. The van der Waals surface area contributed by atoms with Gasteiger partial charge >= 0.3 is 6.03 Å². The molecular weight excluding hydrogens is 210 g/mol. The number of hydrogen-bond acceptors (Lipinski definition) is 4. The second-order valence-electron chi connectivity index (χ2n) is 3.26. The molecule has 7 nitrogen and oxygen atoms in total. The minimum absolute atomic E-state index is 0.134. The number of nitrogens with zero attached hydrogens (tertiary/aromatic N) is 1. The number of aromatic nitrogens is 2. The van der Waals surface area contributed by atoms with E-state index < -0.39 is 6.03 Å². The monoisotopic (exact) mass is 225 g/mol. The van der Waals surface area contributed by atoms with Crippen molar-refractivity contribution >= 4 is 12.0 Å². The summed E-state index contributed by atoms with van der Waals surface area (Å²) in [7, 11) is 0. The minimum Gasteiger partial charge on any atom is -0.338 e. The highest BCUT2D eigenvalue weighted by Crippen LogP contribution is 1.94. The Balaban J connectivity index is 2.52. The zero-order valence-corrected chi connectivity index (χ0v) is 9.04. The average molecular weight is 225 g/mol. The van der Waals surface area contributed by atoms with Gasteiger partial charge in [0.15, 0.2) is 0 Å². The Hall–Kier alpha value is -1.89.